The molecule has 0 aliphatic rings. The van der Waals surface area contributed by atoms with Gasteiger partial charge in [-0.1, -0.05) is 11.6 Å². The summed E-state index contributed by atoms with van der Waals surface area (Å²) in [5.41, 5.74) is 0.820. The van der Waals surface area contributed by atoms with Crippen LogP contribution in [0.2, 0.25) is 5.02 Å². The Balaban J connectivity index is 1.92. The third-order valence-corrected chi connectivity index (χ3v) is 3.41. The fraction of sp³-hybridized carbons (Fsp3) is 0.211. The topological polar surface area (TPSA) is 88.4 Å². The zero-order valence-electron chi connectivity index (χ0n) is 14.3. The van der Waals surface area contributed by atoms with Crippen molar-refractivity contribution in [3.63, 3.8) is 0 Å². The van der Waals surface area contributed by atoms with Crippen LogP contribution in [0.4, 0.5) is 5.69 Å². The molecule has 2 aromatic rings. The van der Waals surface area contributed by atoms with Crippen molar-refractivity contribution in [2.75, 3.05) is 11.9 Å². The molecule has 7 heteroatoms. The van der Waals surface area contributed by atoms with Gasteiger partial charge in [-0.25, -0.2) is 4.79 Å². The smallest absolute Gasteiger partial charge is 0.338 e. The van der Waals surface area contributed by atoms with Crippen molar-refractivity contribution < 1.29 is 19.1 Å². The quantitative estimate of drug-likeness (QED) is 0.779. The summed E-state index contributed by atoms with van der Waals surface area (Å²) < 4.78 is 10.5. The van der Waals surface area contributed by atoms with Crippen molar-refractivity contribution in [1.82, 2.24) is 0 Å². The number of nitrogens with one attached hydrogen (secondary N) is 1. The van der Waals surface area contributed by atoms with E-state index in [1.165, 1.54) is 12.1 Å². The average molecular weight is 373 g/mol. The molecule has 0 bridgehead atoms. The second-order valence-electron chi connectivity index (χ2n) is 5.62. The maximum absolute atomic E-state index is 12.0. The van der Waals surface area contributed by atoms with Crippen molar-refractivity contribution >= 4 is 29.2 Å². The van der Waals surface area contributed by atoms with Crippen LogP contribution in [0.15, 0.2) is 42.5 Å². The van der Waals surface area contributed by atoms with E-state index in [4.69, 9.17) is 26.3 Å². The summed E-state index contributed by atoms with van der Waals surface area (Å²) in [4.78, 5) is 23.9. The lowest BCUT2D eigenvalue weighted by Gasteiger charge is -2.10. The van der Waals surface area contributed by atoms with Gasteiger partial charge in [-0.05, 0) is 56.3 Å². The third-order valence-electron chi connectivity index (χ3n) is 3.17. The van der Waals surface area contributed by atoms with E-state index in [9.17, 15) is 9.59 Å². The highest BCUT2D eigenvalue weighted by Gasteiger charge is 2.12. The predicted octanol–water partition coefficient (Wildman–Crippen LogP) is 3.79. The van der Waals surface area contributed by atoms with E-state index < -0.39 is 18.5 Å². The first-order chi connectivity index (χ1) is 12.4. The molecule has 0 saturated carbocycles. The zero-order chi connectivity index (χ0) is 19.1. The van der Waals surface area contributed by atoms with Crippen molar-refractivity contribution in [3.05, 3.63) is 58.6 Å². The summed E-state index contributed by atoms with van der Waals surface area (Å²) in [6, 6.07) is 12.9. The van der Waals surface area contributed by atoms with E-state index in [0.717, 1.165) is 0 Å². The van der Waals surface area contributed by atoms with E-state index in [-0.39, 0.29) is 17.4 Å². The van der Waals surface area contributed by atoms with Crippen LogP contribution in [-0.2, 0) is 9.53 Å². The summed E-state index contributed by atoms with van der Waals surface area (Å²) >= 11 is 5.85. The molecule has 0 unspecified atom stereocenters. The number of benzene rings is 2. The van der Waals surface area contributed by atoms with E-state index in [1.54, 1.807) is 30.3 Å². The number of halogens is 1. The van der Waals surface area contributed by atoms with Crippen LogP contribution in [0.3, 0.4) is 0 Å². The summed E-state index contributed by atoms with van der Waals surface area (Å²) in [6.45, 7) is 3.32. The van der Waals surface area contributed by atoms with Crippen molar-refractivity contribution in [1.29, 1.82) is 5.26 Å². The van der Waals surface area contributed by atoms with Gasteiger partial charge in [0.15, 0.2) is 6.61 Å². The predicted molar refractivity (Wildman–Crippen MR) is 97.3 cm³/mol. The number of hydrogen-bond donors (Lipinski definition) is 1. The number of hydrogen-bond acceptors (Lipinski definition) is 5. The first-order valence-corrected chi connectivity index (χ1v) is 8.20. The van der Waals surface area contributed by atoms with Gasteiger partial charge < -0.3 is 14.8 Å². The van der Waals surface area contributed by atoms with E-state index >= 15 is 0 Å². The first kappa shape index (κ1) is 19.3. The highest BCUT2D eigenvalue weighted by atomic mass is 35.5. The highest BCUT2D eigenvalue weighted by molar-refractivity contribution is 6.31. The fourth-order valence-corrected chi connectivity index (χ4v) is 2.23. The number of carbonyl (C=O) groups excluding carboxylic acids is 2. The fourth-order valence-electron chi connectivity index (χ4n) is 2.06. The second-order valence-corrected chi connectivity index (χ2v) is 6.05. The molecule has 0 heterocycles. The van der Waals surface area contributed by atoms with Crippen LogP contribution in [0, 0.1) is 11.3 Å². The van der Waals surface area contributed by atoms with Crippen LogP contribution in [0.1, 0.15) is 29.8 Å². The summed E-state index contributed by atoms with van der Waals surface area (Å²) in [6.07, 6.45) is 0.0290. The zero-order valence-corrected chi connectivity index (χ0v) is 15.0. The molecule has 0 aliphatic heterocycles. The van der Waals surface area contributed by atoms with Gasteiger partial charge in [-0.15, -0.1) is 0 Å². The Morgan fingerprint density at radius 2 is 1.88 bits per heavy atom. The molecule has 26 heavy (non-hydrogen) atoms. The number of ether oxygens (including phenoxy) is 2. The van der Waals surface area contributed by atoms with Crippen molar-refractivity contribution in [2.24, 2.45) is 0 Å². The van der Waals surface area contributed by atoms with Crippen LogP contribution < -0.4 is 10.1 Å². The number of esters is 1. The van der Waals surface area contributed by atoms with Crippen LogP contribution >= 0.6 is 11.6 Å². The van der Waals surface area contributed by atoms with Crippen LogP contribution in [0.5, 0.6) is 5.75 Å². The monoisotopic (exact) mass is 372 g/mol. The molecule has 6 nitrogen and oxygen atoms in total. The van der Waals surface area contributed by atoms with E-state index in [0.29, 0.717) is 16.3 Å². The van der Waals surface area contributed by atoms with Gasteiger partial charge in [-0.3, -0.25) is 4.79 Å². The van der Waals surface area contributed by atoms with Gasteiger partial charge >= 0.3 is 5.97 Å². The Kier molecular flexibility index (Phi) is 6.59. The second kappa shape index (κ2) is 8.88. The maximum atomic E-state index is 12.0. The Morgan fingerprint density at radius 3 is 2.50 bits per heavy atom. The Labute approximate surface area is 156 Å². The first-order valence-electron chi connectivity index (χ1n) is 7.82. The standard InChI is InChI=1S/C19H17ClN2O4/c1-12(2)26-16-7-4-13(5-8-16)19(24)25-11-18(23)22-17-9-15(20)6-3-14(17)10-21/h3-9,12H,11H2,1-2H3,(H,22,23). The van der Waals surface area contributed by atoms with Crippen molar-refractivity contribution in [2.45, 2.75) is 20.0 Å². The maximum Gasteiger partial charge on any atom is 0.338 e. The van der Waals surface area contributed by atoms with Gasteiger partial charge in [0.2, 0.25) is 0 Å². The minimum absolute atomic E-state index is 0.0290. The lowest BCUT2D eigenvalue weighted by atomic mass is 10.2. The molecule has 0 radical (unpaired) electrons. The summed E-state index contributed by atoms with van der Waals surface area (Å²) in [5, 5.41) is 11.9. The number of nitriles is 1. The number of nitrogens with zero attached hydrogens (tertiary/aromatic N) is 1. The lowest BCUT2D eigenvalue weighted by molar-refractivity contribution is -0.119. The molecule has 1 N–H and O–H groups in total. The van der Waals surface area contributed by atoms with E-state index in [1.807, 2.05) is 19.9 Å². The molecule has 0 atom stereocenters. The molecular weight excluding hydrogens is 356 g/mol. The van der Waals surface area contributed by atoms with Gasteiger partial charge in [0.1, 0.15) is 11.8 Å². The molecule has 134 valence electrons. The third kappa shape index (κ3) is 5.50. The van der Waals surface area contributed by atoms with Gasteiger partial charge in [-0.2, -0.15) is 5.26 Å². The Morgan fingerprint density at radius 1 is 1.19 bits per heavy atom. The molecule has 1 amide bonds. The highest BCUT2D eigenvalue weighted by Crippen LogP contribution is 2.20. The minimum atomic E-state index is -0.636. The minimum Gasteiger partial charge on any atom is -0.491 e. The molecule has 0 spiro atoms. The van der Waals surface area contributed by atoms with Gasteiger partial charge in [0, 0.05) is 5.02 Å². The number of rotatable bonds is 6. The van der Waals surface area contributed by atoms with E-state index in [2.05, 4.69) is 5.32 Å². The number of carbonyl (C=O) groups is 2. The van der Waals surface area contributed by atoms with Crippen LogP contribution in [-0.4, -0.2) is 24.6 Å². The Hall–Kier alpha value is -3.04. The molecular formula is C19H17ClN2O4. The Bertz CT molecular complexity index is 842. The molecule has 2 rings (SSSR count). The molecule has 0 aliphatic carbocycles. The van der Waals surface area contributed by atoms with Gasteiger partial charge in [0.05, 0.1) is 22.9 Å². The summed E-state index contributed by atoms with van der Waals surface area (Å²) in [7, 11) is 0. The molecule has 0 saturated heterocycles. The normalized spacial score (nSPS) is 10.1. The largest absolute Gasteiger partial charge is 0.491 e. The van der Waals surface area contributed by atoms with Crippen molar-refractivity contribution in [3.8, 4) is 11.8 Å². The molecule has 2 aromatic carbocycles. The lowest BCUT2D eigenvalue weighted by Crippen LogP contribution is -2.21. The van der Waals surface area contributed by atoms with Crippen LogP contribution in [0.25, 0.3) is 0 Å². The summed E-state index contributed by atoms with van der Waals surface area (Å²) in [5.74, 6) is -0.570. The SMILES string of the molecule is CC(C)Oc1ccc(C(=O)OCC(=O)Nc2cc(Cl)ccc2C#N)cc1. The van der Waals surface area contributed by atoms with Gasteiger partial charge in [0.25, 0.3) is 5.91 Å². The number of amides is 1. The average Bonchev–Trinajstić information content (AvgIpc) is 2.60. The number of anilines is 1. The molecule has 0 fully saturated rings. The molecule has 0 aromatic heterocycles.